The fourth-order valence-electron chi connectivity index (χ4n) is 4.21. The second kappa shape index (κ2) is 15.3. The highest BCUT2D eigenvalue weighted by atomic mass is 19.3. The zero-order valence-electron chi connectivity index (χ0n) is 23.8. The summed E-state index contributed by atoms with van der Waals surface area (Å²) >= 11 is 0. The molecule has 1 aromatic carbocycles. The topological polar surface area (TPSA) is 80.0 Å². The first-order valence-corrected chi connectivity index (χ1v) is 13.7. The van der Waals surface area contributed by atoms with E-state index in [9.17, 15) is 8.78 Å². The second-order valence-electron chi connectivity index (χ2n) is 8.42. The molecule has 0 spiro atoms. The monoisotopic (exact) mass is 528 g/mol. The summed E-state index contributed by atoms with van der Waals surface area (Å²) in [5.41, 5.74) is 4.09. The Balaban J connectivity index is 0.000000791. The molecule has 0 saturated heterocycles. The van der Waals surface area contributed by atoms with Gasteiger partial charge in [-0.05, 0) is 49.4 Å². The van der Waals surface area contributed by atoms with Gasteiger partial charge in [0.2, 0.25) is 5.95 Å². The van der Waals surface area contributed by atoms with Crippen LogP contribution >= 0.6 is 0 Å². The van der Waals surface area contributed by atoms with Crippen molar-refractivity contribution < 1.29 is 13.2 Å². The summed E-state index contributed by atoms with van der Waals surface area (Å²) in [5, 5.41) is 10.5. The number of nitrogens with zero attached hydrogens (tertiary/aromatic N) is 5. The van der Waals surface area contributed by atoms with E-state index in [1.165, 1.54) is 29.1 Å². The molecule has 1 aliphatic heterocycles. The lowest BCUT2D eigenvalue weighted by Crippen LogP contribution is -2.42. The largest absolute Gasteiger partial charge is 0.415 e. The van der Waals surface area contributed by atoms with Crippen LogP contribution in [-0.4, -0.2) is 45.2 Å². The molecule has 3 heterocycles. The van der Waals surface area contributed by atoms with Crippen LogP contribution in [0.1, 0.15) is 90.7 Å². The van der Waals surface area contributed by atoms with Crippen molar-refractivity contribution in [2.45, 2.75) is 79.2 Å². The van der Waals surface area contributed by atoms with E-state index in [-0.39, 0.29) is 11.4 Å². The predicted molar refractivity (Wildman–Crippen MR) is 150 cm³/mol. The quantitative estimate of drug-likeness (QED) is 0.350. The number of rotatable bonds is 6. The standard InChI is InChI=1S/C23H24F2N6O.3C2H6/c1-31-11-7-16(8-12-31)15-3-5-18(6-4-15)23(9-2-10-23)28-22-26-13-17(14-27-22)20-29-30-21(32-20)19(24)25;3*1-2/h3-7,13-14,19H,2,8-12H2,1H3,(H,26,27,28);3*1-2H3. The summed E-state index contributed by atoms with van der Waals surface area (Å²) < 4.78 is 30.3. The molecule has 3 aromatic rings. The molecule has 1 N–H and O–H groups in total. The zero-order valence-corrected chi connectivity index (χ0v) is 23.8. The molecule has 0 bridgehead atoms. The van der Waals surface area contributed by atoms with E-state index in [0.717, 1.165) is 38.8 Å². The van der Waals surface area contributed by atoms with Crippen molar-refractivity contribution in [2.75, 3.05) is 25.5 Å². The van der Waals surface area contributed by atoms with Crippen LogP contribution in [0.3, 0.4) is 0 Å². The fourth-order valence-corrected chi connectivity index (χ4v) is 4.21. The summed E-state index contributed by atoms with van der Waals surface area (Å²) in [5.74, 6) is -0.261. The lowest BCUT2D eigenvalue weighted by Gasteiger charge is -2.43. The molecule has 0 amide bonds. The maximum absolute atomic E-state index is 12.7. The Bertz CT molecular complexity index is 1110. The highest BCUT2D eigenvalue weighted by molar-refractivity contribution is 5.67. The predicted octanol–water partition coefficient (Wildman–Crippen LogP) is 7.75. The first-order chi connectivity index (χ1) is 18.5. The van der Waals surface area contributed by atoms with E-state index in [1.54, 1.807) is 0 Å². The molecule has 1 aliphatic carbocycles. The van der Waals surface area contributed by atoms with Crippen molar-refractivity contribution in [1.29, 1.82) is 0 Å². The van der Waals surface area contributed by atoms with Gasteiger partial charge >= 0.3 is 6.43 Å². The Kier molecular flexibility index (Phi) is 12.5. The summed E-state index contributed by atoms with van der Waals surface area (Å²) in [6.07, 6.45) is 6.68. The maximum Gasteiger partial charge on any atom is 0.314 e. The smallest absolute Gasteiger partial charge is 0.314 e. The van der Waals surface area contributed by atoms with Crippen LogP contribution in [0.2, 0.25) is 0 Å². The van der Waals surface area contributed by atoms with E-state index < -0.39 is 12.3 Å². The van der Waals surface area contributed by atoms with E-state index >= 15 is 0 Å². The van der Waals surface area contributed by atoms with Gasteiger partial charge in [0.05, 0.1) is 11.1 Å². The van der Waals surface area contributed by atoms with Gasteiger partial charge in [0.25, 0.3) is 11.8 Å². The number of hydrogen-bond donors (Lipinski definition) is 1. The number of nitrogens with one attached hydrogen (secondary N) is 1. The third kappa shape index (κ3) is 7.43. The zero-order chi connectivity index (χ0) is 28.1. The third-order valence-electron chi connectivity index (χ3n) is 6.30. The van der Waals surface area contributed by atoms with E-state index in [0.29, 0.717) is 11.5 Å². The summed E-state index contributed by atoms with van der Waals surface area (Å²) in [4.78, 5) is 11.0. The Morgan fingerprint density at radius 1 is 0.921 bits per heavy atom. The molecular formula is C29H42F2N6O. The minimum absolute atomic E-state index is 0.0241. The number of benzene rings is 1. The average Bonchev–Trinajstić information content (AvgIpc) is 3.46. The number of likely N-dealkylation sites (N-methyl/N-ethyl adjacent to an activating group) is 1. The van der Waals surface area contributed by atoms with Crippen molar-refractivity contribution in [3.63, 3.8) is 0 Å². The molecule has 1 saturated carbocycles. The molecular weight excluding hydrogens is 486 g/mol. The van der Waals surface area contributed by atoms with Crippen molar-refractivity contribution >= 4 is 11.5 Å². The highest BCUT2D eigenvalue weighted by Gasteiger charge is 2.39. The van der Waals surface area contributed by atoms with Crippen LogP contribution in [0, 0.1) is 0 Å². The molecule has 5 rings (SSSR count). The van der Waals surface area contributed by atoms with Crippen molar-refractivity contribution in [3.8, 4) is 11.5 Å². The number of anilines is 1. The molecule has 7 nitrogen and oxygen atoms in total. The van der Waals surface area contributed by atoms with E-state index in [4.69, 9.17) is 4.42 Å². The minimum Gasteiger partial charge on any atom is -0.415 e. The summed E-state index contributed by atoms with van der Waals surface area (Å²) in [6, 6.07) is 8.79. The summed E-state index contributed by atoms with van der Waals surface area (Å²) in [6.45, 7) is 14.1. The van der Waals surface area contributed by atoms with Crippen LogP contribution in [0.15, 0.2) is 47.2 Å². The minimum atomic E-state index is -2.81. The van der Waals surface area contributed by atoms with Gasteiger partial charge in [0.1, 0.15) is 0 Å². The molecule has 9 heteroatoms. The van der Waals surface area contributed by atoms with Crippen molar-refractivity contribution in [1.82, 2.24) is 25.1 Å². The third-order valence-corrected chi connectivity index (χ3v) is 6.30. The van der Waals surface area contributed by atoms with E-state index in [1.807, 2.05) is 41.5 Å². The fraction of sp³-hybridized carbons (Fsp3) is 0.517. The Labute approximate surface area is 225 Å². The van der Waals surface area contributed by atoms with Gasteiger partial charge in [-0.1, -0.05) is 71.9 Å². The molecule has 0 radical (unpaired) electrons. The van der Waals surface area contributed by atoms with Gasteiger partial charge in [-0.25, -0.2) is 9.97 Å². The van der Waals surface area contributed by atoms with Gasteiger partial charge in [0.15, 0.2) is 0 Å². The molecule has 0 atom stereocenters. The van der Waals surface area contributed by atoms with Crippen molar-refractivity contribution in [3.05, 3.63) is 59.8 Å². The number of hydrogen-bond acceptors (Lipinski definition) is 7. The van der Waals surface area contributed by atoms with Crippen LogP contribution in [0.4, 0.5) is 14.7 Å². The number of aromatic nitrogens is 4. The number of halogens is 2. The Morgan fingerprint density at radius 3 is 2.03 bits per heavy atom. The molecule has 2 aliphatic rings. The van der Waals surface area contributed by atoms with Crippen LogP contribution in [0.25, 0.3) is 17.0 Å². The summed E-state index contributed by atoms with van der Waals surface area (Å²) in [7, 11) is 2.14. The lowest BCUT2D eigenvalue weighted by atomic mass is 9.71. The highest BCUT2D eigenvalue weighted by Crippen LogP contribution is 2.44. The normalized spacial score (nSPS) is 15.9. The lowest BCUT2D eigenvalue weighted by molar-refractivity contribution is 0.116. The van der Waals surface area contributed by atoms with Gasteiger partial charge in [0, 0.05) is 25.5 Å². The first-order valence-electron chi connectivity index (χ1n) is 13.7. The van der Waals surface area contributed by atoms with Gasteiger partial charge in [-0.2, -0.15) is 8.78 Å². The molecule has 2 aromatic heterocycles. The van der Waals surface area contributed by atoms with Gasteiger partial charge in [-0.3, -0.25) is 0 Å². The first kappa shape index (κ1) is 31.0. The van der Waals surface area contributed by atoms with Crippen molar-refractivity contribution in [2.24, 2.45) is 0 Å². The number of alkyl halides is 2. The Hall–Kier alpha value is -3.20. The molecule has 1 fully saturated rings. The van der Waals surface area contributed by atoms with Gasteiger partial charge < -0.3 is 14.6 Å². The van der Waals surface area contributed by atoms with Crippen LogP contribution in [0.5, 0.6) is 0 Å². The molecule has 38 heavy (non-hydrogen) atoms. The van der Waals surface area contributed by atoms with Crippen LogP contribution < -0.4 is 5.32 Å². The maximum atomic E-state index is 12.7. The average molecular weight is 529 g/mol. The Morgan fingerprint density at radius 2 is 1.55 bits per heavy atom. The molecule has 0 unspecified atom stereocenters. The van der Waals surface area contributed by atoms with E-state index in [2.05, 4.69) is 67.8 Å². The van der Waals surface area contributed by atoms with Gasteiger partial charge in [-0.15, -0.1) is 10.2 Å². The SMILES string of the molecule is CC.CC.CC.CN1CC=C(c2ccc(C3(Nc4ncc(-c5nnc(C(F)F)o5)cn4)CCC3)cc2)CC1. The molecule has 208 valence electrons. The second-order valence-corrected chi connectivity index (χ2v) is 8.42. The van der Waals surface area contributed by atoms with Crippen LogP contribution in [-0.2, 0) is 5.54 Å².